The van der Waals surface area contributed by atoms with Gasteiger partial charge in [0.05, 0.1) is 6.54 Å². The van der Waals surface area contributed by atoms with E-state index in [1.807, 2.05) is 6.07 Å². The van der Waals surface area contributed by atoms with Gasteiger partial charge in [-0.25, -0.2) is 0 Å². The highest BCUT2D eigenvalue weighted by Crippen LogP contribution is 2.35. The molecule has 1 aromatic rings. The summed E-state index contributed by atoms with van der Waals surface area (Å²) in [6, 6.07) is 6.63. The van der Waals surface area contributed by atoms with Crippen LogP contribution in [0.3, 0.4) is 0 Å². The number of guanidine groups is 1. The van der Waals surface area contributed by atoms with Crippen LogP contribution in [0.4, 0.5) is 0 Å². The number of aliphatic imine (C=N–C) groups is 1. The van der Waals surface area contributed by atoms with E-state index in [0.717, 1.165) is 11.5 Å². The molecule has 0 amide bonds. The van der Waals surface area contributed by atoms with Crippen molar-refractivity contribution in [3.8, 4) is 11.5 Å². The second kappa shape index (κ2) is 7.32. The largest absolute Gasteiger partial charge is 0.486 e. The summed E-state index contributed by atoms with van der Waals surface area (Å²) in [5.74, 6) is 2.21. The molecule has 0 radical (unpaired) electrons. The Bertz CT molecular complexity index is 592. The van der Waals surface area contributed by atoms with E-state index in [1.165, 1.54) is 37.7 Å². The second-order valence-corrected chi connectivity index (χ2v) is 7.42. The molecule has 0 unspecified atom stereocenters. The van der Waals surface area contributed by atoms with Crippen molar-refractivity contribution in [1.29, 1.82) is 0 Å². The lowest BCUT2D eigenvalue weighted by molar-refractivity contribution is 0.171. The average Bonchev–Trinajstić information content (AvgIpc) is 2.60. The van der Waals surface area contributed by atoms with Crippen molar-refractivity contribution in [2.75, 3.05) is 19.8 Å². The van der Waals surface area contributed by atoms with Gasteiger partial charge in [0.2, 0.25) is 0 Å². The Morgan fingerprint density at radius 1 is 1.17 bits per heavy atom. The van der Waals surface area contributed by atoms with Gasteiger partial charge in [-0.05, 0) is 30.5 Å². The van der Waals surface area contributed by atoms with E-state index in [0.29, 0.717) is 31.8 Å². The lowest BCUT2D eigenvalue weighted by Gasteiger charge is -2.27. The summed E-state index contributed by atoms with van der Waals surface area (Å²) < 4.78 is 11.3. The van der Waals surface area contributed by atoms with Gasteiger partial charge in [0.25, 0.3) is 0 Å². The molecule has 3 rings (SSSR count). The number of hydrogen-bond acceptors (Lipinski definition) is 3. The lowest BCUT2D eigenvalue weighted by Crippen LogP contribution is -2.41. The van der Waals surface area contributed by atoms with Crippen LogP contribution in [-0.2, 0) is 5.41 Å². The molecule has 5 nitrogen and oxygen atoms in total. The Morgan fingerprint density at radius 3 is 2.62 bits per heavy atom. The minimum atomic E-state index is -0.116. The van der Waals surface area contributed by atoms with Crippen LogP contribution >= 0.6 is 0 Å². The van der Waals surface area contributed by atoms with Crippen LogP contribution in [0.5, 0.6) is 11.5 Å². The monoisotopic (exact) mass is 331 g/mol. The molecule has 1 fully saturated rings. The zero-order chi connectivity index (χ0) is 17.0. The van der Waals surface area contributed by atoms with Gasteiger partial charge in [0, 0.05) is 11.5 Å². The van der Waals surface area contributed by atoms with Crippen molar-refractivity contribution < 1.29 is 9.47 Å². The van der Waals surface area contributed by atoms with Crippen LogP contribution in [-0.4, -0.2) is 31.8 Å². The van der Waals surface area contributed by atoms with Crippen LogP contribution < -0.4 is 20.5 Å². The third-order valence-corrected chi connectivity index (χ3v) is 4.93. The topological polar surface area (TPSA) is 68.9 Å². The van der Waals surface area contributed by atoms with Crippen molar-refractivity contribution >= 4 is 5.96 Å². The van der Waals surface area contributed by atoms with E-state index in [9.17, 15) is 0 Å². The summed E-state index contributed by atoms with van der Waals surface area (Å²) in [7, 11) is 0. The molecule has 3 N–H and O–H groups in total. The summed E-state index contributed by atoms with van der Waals surface area (Å²) in [4.78, 5) is 4.59. The fourth-order valence-corrected chi connectivity index (χ4v) is 3.34. The molecule has 0 saturated heterocycles. The van der Waals surface area contributed by atoms with Crippen LogP contribution in [0.15, 0.2) is 23.2 Å². The first-order chi connectivity index (χ1) is 11.5. The maximum Gasteiger partial charge on any atom is 0.188 e. The zero-order valence-electron chi connectivity index (χ0n) is 14.8. The van der Waals surface area contributed by atoms with Crippen molar-refractivity contribution in [2.45, 2.75) is 57.4 Å². The predicted octanol–water partition coefficient (Wildman–Crippen LogP) is 2.97. The Hall–Kier alpha value is -1.91. The molecule has 1 aromatic carbocycles. The molecule has 1 aliphatic heterocycles. The number of hydrogen-bond donors (Lipinski definition) is 2. The summed E-state index contributed by atoms with van der Waals surface area (Å²) in [6.07, 6.45) is 6.30. The highest BCUT2D eigenvalue weighted by atomic mass is 16.6. The molecule has 1 heterocycles. The number of nitrogens with zero attached hydrogens (tertiary/aromatic N) is 1. The summed E-state index contributed by atoms with van der Waals surface area (Å²) in [5.41, 5.74) is 7.16. The van der Waals surface area contributed by atoms with E-state index >= 15 is 0 Å². The summed E-state index contributed by atoms with van der Waals surface area (Å²) in [5, 5.41) is 3.38. The maximum absolute atomic E-state index is 6.09. The van der Waals surface area contributed by atoms with Crippen molar-refractivity contribution in [1.82, 2.24) is 5.32 Å². The maximum atomic E-state index is 6.09. The molecule has 0 bridgehead atoms. The van der Waals surface area contributed by atoms with Crippen molar-refractivity contribution in [3.05, 3.63) is 23.8 Å². The van der Waals surface area contributed by atoms with Gasteiger partial charge in [-0.1, -0.05) is 39.2 Å². The first-order valence-electron chi connectivity index (χ1n) is 9.01. The molecule has 24 heavy (non-hydrogen) atoms. The quantitative estimate of drug-likeness (QED) is 0.657. The highest BCUT2D eigenvalue weighted by Gasteiger charge is 2.23. The minimum absolute atomic E-state index is 0.116. The van der Waals surface area contributed by atoms with Gasteiger partial charge >= 0.3 is 0 Å². The first-order valence-corrected chi connectivity index (χ1v) is 9.01. The molecule has 1 saturated carbocycles. The number of nitrogens with one attached hydrogen (secondary N) is 1. The van der Waals surface area contributed by atoms with E-state index in [2.05, 4.69) is 36.3 Å². The molecule has 0 aromatic heterocycles. The molecule has 5 heteroatoms. The molecule has 132 valence electrons. The van der Waals surface area contributed by atoms with Crippen molar-refractivity contribution in [3.63, 3.8) is 0 Å². The van der Waals surface area contributed by atoms with Gasteiger partial charge < -0.3 is 20.5 Å². The number of benzene rings is 1. The van der Waals surface area contributed by atoms with Crippen LogP contribution in [0.2, 0.25) is 0 Å². The first kappa shape index (κ1) is 16.9. The van der Waals surface area contributed by atoms with Gasteiger partial charge in [0.1, 0.15) is 13.2 Å². The lowest BCUT2D eigenvalue weighted by atomic mass is 9.84. The molecule has 0 atom stereocenters. The van der Waals surface area contributed by atoms with Gasteiger partial charge in [-0.2, -0.15) is 0 Å². The smallest absolute Gasteiger partial charge is 0.188 e. The Balaban J connectivity index is 1.63. The standard InChI is InChI=1S/C19H29N3O2/c1-19(2,13-21-18(20)22-15-6-4-3-5-7-15)14-8-9-16-17(12-14)24-11-10-23-16/h8-9,12,15H,3-7,10-11,13H2,1-2H3,(H3,20,21,22). The number of ether oxygens (including phenoxy) is 2. The van der Waals surface area contributed by atoms with E-state index in [1.54, 1.807) is 0 Å². The summed E-state index contributed by atoms with van der Waals surface area (Å²) in [6.45, 7) is 6.21. The van der Waals surface area contributed by atoms with Crippen molar-refractivity contribution in [2.24, 2.45) is 10.7 Å². The SMILES string of the molecule is CC(C)(CN=C(N)NC1CCCCC1)c1ccc2c(c1)OCCO2. The third kappa shape index (κ3) is 4.13. The molecule has 1 aliphatic carbocycles. The molecular weight excluding hydrogens is 302 g/mol. The number of fused-ring (bicyclic) bond motifs is 1. The van der Waals surface area contributed by atoms with Gasteiger partial charge in [-0.15, -0.1) is 0 Å². The van der Waals surface area contributed by atoms with E-state index in [-0.39, 0.29) is 5.41 Å². The predicted molar refractivity (Wildman–Crippen MR) is 97.0 cm³/mol. The third-order valence-electron chi connectivity index (χ3n) is 4.93. The van der Waals surface area contributed by atoms with E-state index in [4.69, 9.17) is 15.2 Å². The van der Waals surface area contributed by atoms with E-state index < -0.39 is 0 Å². The molecule has 0 spiro atoms. The number of nitrogens with two attached hydrogens (primary N) is 1. The molecular formula is C19H29N3O2. The Labute approximate surface area is 144 Å². The summed E-state index contributed by atoms with van der Waals surface area (Å²) >= 11 is 0. The second-order valence-electron chi connectivity index (χ2n) is 7.42. The van der Waals surface area contributed by atoms with Crippen LogP contribution in [0, 0.1) is 0 Å². The van der Waals surface area contributed by atoms with Gasteiger partial charge in [-0.3, -0.25) is 4.99 Å². The molecule has 2 aliphatic rings. The average molecular weight is 331 g/mol. The Kier molecular flexibility index (Phi) is 5.17. The number of rotatable bonds is 4. The fraction of sp³-hybridized carbons (Fsp3) is 0.632. The van der Waals surface area contributed by atoms with Crippen LogP contribution in [0.25, 0.3) is 0 Å². The van der Waals surface area contributed by atoms with Crippen LogP contribution in [0.1, 0.15) is 51.5 Å². The zero-order valence-corrected chi connectivity index (χ0v) is 14.8. The Morgan fingerprint density at radius 2 is 1.88 bits per heavy atom. The normalized spacial score (nSPS) is 19.2. The van der Waals surface area contributed by atoms with Gasteiger partial charge in [0.15, 0.2) is 17.5 Å². The minimum Gasteiger partial charge on any atom is -0.486 e. The fourth-order valence-electron chi connectivity index (χ4n) is 3.34. The highest BCUT2D eigenvalue weighted by molar-refractivity contribution is 5.78.